The van der Waals surface area contributed by atoms with Gasteiger partial charge >= 0.3 is 0 Å². The van der Waals surface area contributed by atoms with E-state index in [1.807, 2.05) is 11.4 Å². The molecule has 27 heavy (non-hydrogen) atoms. The van der Waals surface area contributed by atoms with Crippen molar-refractivity contribution in [3.8, 4) is 5.69 Å². The van der Waals surface area contributed by atoms with Crippen LogP contribution >= 0.6 is 22.9 Å². The normalized spacial score (nSPS) is 16.5. The van der Waals surface area contributed by atoms with Gasteiger partial charge < -0.3 is 10.2 Å². The van der Waals surface area contributed by atoms with Crippen molar-refractivity contribution in [2.45, 2.75) is 18.9 Å². The first-order valence-electron chi connectivity index (χ1n) is 8.43. The lowest BCUT2D eigenvalue weighted by molar-refractivity contribution is -0.119. The maximum atomic E-state index is 12.9. The van der Waals surface area contributed by atoms with Crippen molar-refractivity contribution in [1.82, 2.24) is 19.7 Å². The average Bonchev–Trinajstić information content (AvgIpc) is 3.43. The van der Waals surface area contributed by atoms with Gasteiger partial charge in [-0.3, -0.25) is 9.59 Å². The number of carbonyl (C=O) groups is 2. The number of carbonyl (C=O) groups excluding carboxylic acids is 2. The van der Waals surface area contributed by atoms with E-state index in [4.69, 9.17) is 11.6 Å². The van der Waals surface area contributed by atoms with Crippen molar-refractivity contribution < 1.29 is 9.59 Å². The maximum Gasteiger partial charge on any atom is 0.264 e. The second-order valence-electron chi connectivity index (χ2n) is 6.12. The molecular formula is C18H16ClN5O2S. The number of likely N-dealkylation sites (tertiary alicyclic amines) is 1. The van der Waals surface area contributed by atoms with E-state index in [-0.39, 0.29) is 11.8 Å². The Bertz CT molecular complexity index is 958. The van der Waals surface area contributed by atoms with Crippen molar-refractivity contribution >= 4 is 40.4 Å². The zero-order valence-electron chi connectivity index (χ0n) is 14.2. The molecule has 0 aliphatic carbocycles. The summed E-state index contributed by atoms with van der Waals surface area (Å²) in [5.41, 5.74) is 1.17. The van der Waals surface area contributed by atoms with E-state index in [0.717, 1.165) is 6.42 Å². The van der Waals surface area contributed by atoms with Crippen molar-refractivity contribution in [2.75, 3.05) is 11.9 Å². The maximum absolute atomic E-state index is 12.9. The van der Waals surface area contributed by atoms with E-state index in [2.05, 4.69) is 15.4 Å². The average molecular weight is 402 g/mol. The fourth-order valence-electron chi connectivity index (χ4n) is 3.18. The summed E-state index contributed by atoms with van der Waals surface area (Å²) in [6.45, 7) is 0.570. The molecule has 1 aromatic carbocycles. The van der Waals surface area contributed by atoms with Gasteiger partial charge in [-0.25, -0.2) is 9.67 Å². The first kappa shape index (κ1) is 17.7. The summed E-state index contributed by atoms with van der Waals surface area (Å²) in [4.78, 5) is 31.9. The van der Waals surface area contributed by atoms with Crippen LogP contribution in [0.15, 0.2) is 48.4 Å². The molecule has 2 amide bonds. The molecule has 0 radical (unpaired) electrons. The van der Waals surface area contributed by atoms with Gasteiger partial charge in [0.25, 0.3) is 5.91 Å². The minimum absolute atomic E-state index is 0.106. The van der Waals surface area contributed by atoms with Crippen LogP contribution in [-0.4, -0.2) is 44.1 Å². The Morgan fingerprint density at radius 2 is 2.19 bits per heavy atom. The van der Waals surface area contributed by atoms with Gasteiger partial charge in [0.05, 0.1) is 16.3 Å². The van der Waals surface area contributed by atoms with Crippen LogP contribution in [0.2, 0.25) is 5.02 Å². The molecule has 9 heteroatoms. The number of aromatic nitrogens is 3. The van der Waals surface area contributed by atoms with Crippen LogP contribution in [0.1, 0.15) is 22.5 Å². The molecule has 1 N–H and O–H groups in total. The molecule has 7 nitrogen and oxygen atoms in total. The molecule has 1 fully saturated rings. The molecule has 3 heterocycles. The molecule has 1 aliphatic rings. The van der Waals surface area contributed by atoms with Crippen LogP contribution in [-0.2, 0) is 4.79 Å². The lowest BCUT2D eigenvalue weighted by Crippen LogP contribution is -2.43. The molecular weight excluding hydrogens is 386 g/mol. The van der Waals surface area contributed by atoms with Gasteiger partial charge in [0, 0.05) is 11.6 Å². The fourth-order valence-corrected chi connectivity index (χ4v) is 4.03. The number of anilines is 1. The van der Waals surface area contributed by atoms with Crippen LogP contribution in [0.5, 0.6) is 0 Å². The van der Waals surface area contributed by atoms with Gasteiger partial charge in [0.1, 0.15) is 18.7 Å². The molecule has 1 saturated heterocycles. The van der Waals surface area contributed by atoms with E-state index < -0.39 is 6.04 Å². The van der Waals surface area contributed by atoms with Gasteiger partial charge in [0.15, 0.2) is 0 Å². The van der Waals surface area contributed by atoms with E-state index in [1.54, 1.807) is 40.2 Å². The first-order chi connectivity index (χ1) is 13.1. The number of nitrogens with zero attached hydrogens (tertiary/aromatic N) is 4. The van der Waals surface area contributed by atoms with Crippen LogP contribution in [0.4, 0.5) is 5.69 Å². The Morgan fingerprint density at radius 1 is 1.30 bits per heavy atom. The third-order valence-corrected chi connectivity index (χ3v) is 5.52. The number of nitrogens with one attached hydrogen (secondary N) is 1. The minimum Gasteiger partial charge on any atom is -0.326 e. The number of halogens is 1. The van der Waals surface area contributed by atoms with Crippen molar-refractivity contribution in [3.05, 3.63) is 58.3 Å². The van der Waals surface area contributed by atoms with Crippen LogP contribution in [0.25, 0.3) is 5.69 Å². The molecule has 1 aliphatic heterocycles. The Hall–Kier alpha value is -2.71. The number of hydrogen-bond acceptors (Lipinski definition) is 5. The lowest BCUT2D eigenvalue weighted by atomic mass is 10.2. The SMILES string of the molecule is O=C(Nc1cc(Cl)ccc1-n1cncn1)C1CCCN1C(=O)c1cccs1. The Kier molecular flexibility index (Phi) is 4.91. The van der Waals surface area contributed by atoms with Gasteiger partial charge in [-0.15, -0.1) is 11.3 Å². The molecule has 0 spiro atoms. The summed E-state index contributed by atoms with van der Waals surface area (Å²) in [5.74, 6) is -0.341. The summed E-state index contributed by atoms with van der Waals surface area (Å²) in [5, 5.41) is 9.36. The predicted octanol–water partition coefficient (Wildman–Crippen LogP) is 3.23. The number of amides is 2. The smallest absolute Gasteiger partial charge is 0.264 e. The highest BCUT2D eigenvalue weighted by Gasteiger charge is 2.35. The monoisotopic (exact) mass is 401 g/mol. The topological polar surface area (TPSA) is 80.1 Å². The minimum atomic E-state index is -0.512. The van der Waals surface area contributed by atoms with E-state index >= 15 is 0 Å². The Morgan fingerprint density at radius 3 is 2.93 bits per heavy atom. The van der Waals surface area contributed by atoms with E-state index in [1.165, 1.54) is 17.7 Å². The predicted molar refractivity (Wildman–Crippen MR) is 103 cm³/mol. The highest BCUT2D eigenvalue weighted by Crippen LogP contribution is 2.27. The summed E-state index contributed by atoms with van der Waals surface area (Å²) >= 11 is 7.49. The molecule has 0 bridgehead atoms. The van der Waals surface area contributed by atoms with Crippen LogP contribution < -0.4 is 5.32 Å². The van der Waals surface area contributed by atoms with E-state index in [9.17, 15) is 9.59 Å². The lowest BCUT2D eigenvalue weighted by Gasteiger charge is -2.24. The van der Waals surface area contributed by atoms with Crippen molar-refractivity contribution in [2.24, 2.45) is 0 Å². The van der Waals surface area contributed by atoms with Crippen molar-refractivity contribution in [1.29, 1.82) is 0 Å². The second kappa shape index (κ2) is 7.50. The highest BCUT2D eigenvalue weighted by molar-refractivity contribution is 7.12. The zero-order valence-corrected chi connectivity index (χ0v) is 15.8. The molecule has 3 aromatic rings. The molecule has 1 atom stereocenters. The fraction of sp³-hybridized carbons (Fsp3) is 0.222. The Balaban J connectivity index is 1.57. The number of hydrogen-bond donors (Lipinski definition) is 1. The van der Waals surface area contributed by atoms with Crippen molar-refractivity contribution in [3.63, 3.8) is 0 Å². The number of benzene rings is 1. The largest absolute Gasteiger partial charge is 0.326 e. The van der Waals surface area contributed by atoms with Crippen LogP contribution in [0, 0.1) is 0 Å². The summed E-state index contributed by atoms with van der Waals surface area (Å²) in [6.07, 6.45) is 4.38. The zero-order chi connectivity index (χ0) is 18.8. The number of rotatable bonds is 4. The van der Waals surface area contributed by atoms with Gasteiger partial charge in [-0.1, -0.05) is 17.7 Å². The molecule has 1 unspecified atom stereocenters. The molecule has 0 saturated carbocycles. The molecule has 2 aromatic heterocycles. The second-order valence-corrected chi connectivity index (χ2v) is 7.51. The van der Waals surface area contributed by atoms with E-state index in [0.29, 0.717) is 34.2 Å². The summed E-state index contributed by atoms with van der Waals surface area (Å²) in [7, 11) is 0. The number of thiophene rings is 1. The highest BCUT2D eigenvalue weighted by atomic mass is 35.5. The summed E-state index contributed by atoms with van der Waals surface area (Å²) < 4.78 is 1.55. The van der Waals surface area contributed by atoms with Gasteiger partial charge in [-0.2, -0.15) is 5.10 Å². The quantitative estimate of drug-likeness (QED) is 0.727. The third-order valence-electron chi connectivity index (χ3n) is 4.43. The molecule has 138 valence electrons. The summed E-state index contributed by atoms with van der Waals surface area (Å²) in [6, 6.07) is 8.24. The van der Waals surface area contributed by atoms with Gasteiger partial charge in [-0.05, 0) is 42.5 Å². The standard InChI is InChI=1S/C18H16ClN5O2S/c19-12-5-6-14(24-11-20-10-21-24)13(9-12)22-17(25)15-3-1-7-23(15)18(26)16-4-2-8-27-16/h2,4-6,8-11,15H,1,3,7H2,(H,22,25). The third kappa shape index (κ3) is 3.58. The first-order valence-corrected chi connectivity index (χ1v) is 9.69. The Labute approximate surface area is 164 Å². The molecule has 4 rings (SSSR count). The van der Waals surface area contributed by atoms with Crippen LogP contribution in [0.3, 0.4) is 0 Å². The van der Waals surface area contributed by atoms with Gasteiger partial charge in [0.2, 0.25) is 5.91 Å².